The molecule has 0 aliphatic heterocycles. The molecule has 0 fully saturated rings. The van der Waals surface area contributed by atoms with Gasteiger partial charge in [0.25, 0.3) is 0 Å². The molecule has 1 aromatic carbocycles. The topological polar surface area (TPSA) is 12.0 Å². The van der Waals surface area contributed by atoms with E-state index in [1.807, 2.05) is 12.1 Å². The lowest BCUT2D eigenvalue weighted by Gasteiger charge is -2.14. The van der Waals surface area contributed by atoms with Gasteiger partial charge in [-0.3, -0.25) is 0 Å². The number of benzene rings is 1. The standard InChI is InChI=1S/C11H13Br2N/c1-3-6-14-8(2)10-5-4-9(12)7-11(10)13/h3-5,7-8,14H,1,6H2,2H3. The van der Waals surface area contributed by atoms with Gasteiger partial charge >= 0.3 is 0 Å². The minimum Gasteiger partial charge on any atom is -0.307 e. The summed E-state index contributed by atoms with van der Waals surface area (Å²) in [6.07, 6.45) is 1.86. The molecule has 0 radical (unpaired) electrons. The molecule has 1 rings (SSSR count). The SMILES string of the molecule is C=CCNC(C)c1ccc(Br)cc1Br. The molecule has 0 heterocycles. The van der Waals surface area contributed by atoms with Crippen molar-refractivity contribution in [2.75, 3.05) is 6.54 Å². The fourth-order valence-electron chi connectivity index (χ4n) is 1.22. The molecule has 0 spiro atoms. The van der Waals surface area contributed by atoms with E-state index in [0.29, 0.717) is 6.04 Å². The molecule has 0 aliphatic rings. The monoisotopic (exact) mass is 317 g/mol. The van der Waals surface area contributed by atoms with Crippen LogP contribution in [0.15, 0.2) is 39.8 Å². The summed E-state index contributed by atoms with van der Waals surface area (Å²) in [5.41, 5.74) is 1.26. The summed E-state index contributed by atoms with van der Waals surface area (Å²) in [6.45, 7) is 6.64. The van der Waals surface area contributed by atoms with E-state index < -0.39 is 0 Å². The van der Waals surface area contributed by atoms with Gasteiger partial charge in [-0.15, -0.1) is 6.58 Å². The Balaban J connectivity index is 2.78. The first kappa shape index (κ1) is 12.0. The van der Waals surface area contributed by atoms with Crippen LogP contribution >= 0.6 is 31.9 Å². The molecule has 3 heteroatoms. The number of hydrogen-bond donors (Lipinski definition) is 1. The summed E-state index contributed by atoms with van der Waals surface area (Å²) in [7, 11) is 0. The maximum Gasteiger partial charge on any atom is 0.0305 e. The highest BCUT2D eigenvalue weighted by Gasteiger charge is 2.07. The largest absolute Gasteiger partial charge is 0.307 e. The Morgan fingerprint density at radius 3 is 2.79 bits per heavy atom. The smallest absolute Gasteiger partial charge is 0.0305 e. The van der Waals surface area contributed by atoms with Crippen LogP contribution in [0, 0.1) is 0 Å². The van der Waals surface area contributed by atoms with Crippen molar-refractivity contribution in [2.45, 2.75) is 13.0 Å². The van der Waals surface area contributed by atoms with Crippen LogP contribution in [0.3, 0.4) is 0 Å². The Morgan fingerprint density at radius 2 is 2.21 bits per heavy atom. The molecular weight excluding hydrogens is 306 g/mol. The van der Waals surface area contributed by atoms with Gasteiger partial charge in [0.2, 0.25) is 0 Å². The summed E-state index contributed by atoms with van der Waals surface area (Å²) in [6, 6.07) is 6.54. The number of halogens is 2. The molecule has 76 valence electrons. The van der Waals surface area contributed by atoms with Crippen LogP contribution in [-0.4, -0.2) is 6.54 Å². The Bertz CT molecular complexity index is 323. The van der Waals surface area contributed by atoms with Crippen molar-refractivity contribution in [3.05, 3.63) is 45.4 Å². The minimum absolute atomic E-state index is 0.329. The van der Waals surface area contributed by atoms with Crippen LogP contribution in [-0.2, 0) is 0 Å². The van der Waals surface area contributed by atoms with E-state index in [1.165, 1.54) is 5.56 Å². The van der Waals surface area contributed by atoms with Crippen molar-refractivity contribution < 1.29 is 0 Å². The molecule has 0 saturated carbocycles. The van der Waals surface area contributed by atoms with Gasteiger partial charge in [-0.05, 0) is 24.6 Å². The molecule has 14 heavy (non-hydrogen) atoms. The van der Waals surface area contributed by atoms with Gasteiger partial charge in [0.1, 0.15) is 0 Å². The average molecular weight is 319 g/mol. The van der Waals surface area contributed by atoms with Gasteiger partial charge in [0, 0.05) is 21.5 Å². The first-order valence-corrected chi connectivity index (χ1v) is 6.03. The highest BCUT2D eigenvalue weighted by molar-refractivity contribution is 9.11. The Labute approximate surface area is 102 Å². The molecule has 0 aliphatic carbocycles. The van der Waals surface area contributed by atoms with Crippen molar-refractivity contribution in [1.29, 1.82) is 0 Å². The lowest BCUT2D eigenvalue weighted by atomic mass is 10.1. The van der Waals surface area contributed by atoms with E-state index in [1.54, 1.807) is 0 Å². The van der Waals surface area contributed by atoms with Crippen molar-refractivity contribution in [3.63, 3.8) is 0 Å². The van der Waals surface area contributed by atoms with E-state index in [0.717, 1.165) is 15.5 Å². The zero-order chi connectivity index (χ0) is 10.6. The van der Waals surface area contributed by atoms with E-state index in [2.05, 4.69) is 62.8 Å². The molecule has 1 N–H and O–H groups in total. The van der Waals surface area contributed by atoms with E-state index >= 15 is 0 Å². The Kier molecular flexibility index (Phi) is 4.85. The predicted molar refractivity (Wildman–Crippen MR) is 68.5 cm³/mol. The van der Waals surface area contributed by atoms with Gasteiger partial charge in [0.05, 0.1) is 0 Å². The van der Waals surface area contributed by atoms with Crippen LogP contribution in [0.2, 0.25) is 0 Å². The number of hydrogen-bond acceptors (Lipinski definition) is 1. The van der Waals surface area contributed by atoms with Crippen LogP contribution in [0.25, 0.3) is 0 Å². The molecule has 1 aromatic rings. The molecule has 0 bridgehead atoms. The second-order valence-electron chi connectivity index (χ2n) is 3.08. The van der Waals surface area contributed by atoms with Crippen molar-refractivity contribution in [1.82, 2.24) is 5.32 Å². The molecule has 0 aromatic heterocycles. The summed E-state index contributed by atoms with van der Waals surface area (Å²) < 4.78 is 2.21. The number of rotatable bonds is 4. The van der Waals surface area contributed by atoms with Crippen LogP contribution in [0.5, 0.6) is 0 Å². The molecular formula is C11H13Br2N. The Hall–Kier alpha value is -0.120. The first-order valence-electron chi connectivity index (χ1n) is 4.44. The minimum atomic E-state index is 0.329. The van der Waals surface area contributed by atoms with Crippen molar-refractivity contribution in [3.8, 4) is 0 Å². The van der Waals surface area contributed by atoms with Crippen molar-refractivity contribution >= 4 is 31.9 Å². The summed E-state index contributed by atoms with van der Waals surface area (Å²) in [4.78, 5) is 0. The third kappa shape index (κ3) is 3.23. The zero-order valence-corrected chi connectivity index (χ0v) is 11.2. The Morgan fingerprint density at radius 1 is 1.50 bits per heavy atom. The summed E-state index contributed by atoms with van der Waals surface area (Å²) >= 11 is 6.98. The molecule has 0 amide bonds. The predicted octanol–water partition coefficient (Wildman–Crippen LogP) is 4.05. The van der Waals surface area contributed by atoms with E-state index in [9.17, 15) is 0 Å². The first-order chi connectivity index (χ1) is 6.65. The second kappa shape index (κ2) is 5.69. The summed E-state index contributed by atoms with van der Waals surface area (Å²) in [5.74, 6) is 0. The van der Waals surface area contributed by atoms with Gasteiger partial charge in [0.15, 0.2) is 0 Å². The molecule has 1 unspecified atom stereocenters. The normalized spacial score (nSPS) is 12.5. The van der Waals surface area contributed by atoms with Gasteiger partial charge < -0.3 is 5.32 Å². The highest BCUT2D eigenvalue weighted by atomic mass is 79.9. The summed E-state index contributed by atoms with van der Waals surface area (Å²) in [5, 5.41) is 3.35. The fraction of sp³-hybridized carbons (Fsp3) is 0.273. The third-order valence-electron chi connectivity index (χ3n) is 2.00. The fourth-order valence-corrected chi connectivity index (χ4v) is 2.61. The highest BCUT2D eigenvalue weighted by Crippen LogP contribution is 2.26. The molecule has 0 saturated heterocycles. The molecule has 1 atom stereocenters. The lowest BCUT2D eigenvalue weighted by molar-refractivity contribution is 0.615. The third-order valence-corrected chi connectivity index (χ3v) is 3.18. The zero-order valence-electron chi connectivity index (χ0n) is 8.06. The van der Waals surface area contributed by atoms with Crippen LogP contribution < -0.4 is 5.32 Å². The maximum atomic E-state index is 3.68. The van der Waals surface area contributed by atoms with Gasteiger partial charge in [-0.1, -0.05) is 44.0 Å². The quantitative estimate of drug-likeness (QED) is 0.826. The number of nitrogens with one attached hydrogen (secondary N) is 1. The lowest BCUT2D eigenvalue weighted by Crippen LogP contribution is -2.18. The van der Waals surface area contributed by atoms with E-state index in [4.69, 9.17) is 0 Å². The maximum absolute atomic E-state index is 3.68. The van der Waals surface area contributed by atoms with E-state index in [-0.39, 0.29) is 0 Å². The average Bonchev–Trinajstić information content (AvgIpc) is 2.14. The molecule has 1 nitrogen and oxygen atoms in total. The van der Waals surface area contributed by atoms with Crippen LogP contribution in [0.1, 0.15) is 18.5 Å². The van der Waals surface area contributed by atoms with Gasteiger partial charge in [-0.25, -0.2) is 0 Å². The van der Waals surface area contributed by atoms with Crippen molar-refractivity contribution in [2.24, 2.45) is 0 Å². The van der Waals surface area contributed by atoms with Crippen LogP contribution in [0.4, 0.5) is 0 Å². The second-order valence-corrected chi connectivity index (χ2v) is 4.85. The van der Waals surface area contributed by atoms with Gasteiger partial charge in [-0.2, -0.15) is 0 Å².